The lowest BCUT2D eigenvalue weighted by Gasteiger charge is -2.33. The van der Waals surface area contributed by atoms with Gasteiger partial charge >= 0.3 is 0 Å². The summed E-state index contributed by atoms with van der Waals surface area (Å²) >= 11 is 0. The van der Waals surface area contributed by atoms with Crippen molar-refractivity contribution in [2.24, 2.45) is 5.41 Å². The lowest BCUT2D eigenvalue weighted by atomic mass is 9.72. The standard InChI is InChI=1S/C31H37F2NO2/c1-6-7-19-36-25-14-12-24(13-15-25)34-30(35)23-11-16-26(28(32)20-23)29(33)22(3)10-17-27-21(2)9-8-18-31(27,4)5/h10-17,20H,6-9,18-19H2,1-5H3,(H,34,35)/b17-10+,29-22-. The highest BCUT2D eigenvalue weighted by Gasteiger charge is 2.26. The molecule has 1 amide bonds. The molecule has 3 rings (SSSR count). The molecule has 1 N–H and O–H groups in total. The Labute approximate surface area is 214 Å². The van der Waals surface area contributed by atoms with Gasteiger partial charge in [0.25, 0.3) is 5.91 Å². The first-order valence-corrected chi connectivity index (χ1v) is 12.7. The molecule has 0 saturated carbocycles. The highest BCUT2D eigenvalue weighted by atomic mass is 19.1. The van der Waals surface area contributed by atoms with Crippen LogP contribution in [0.5, 0.6) is 5.75 Å². The second-order valence-corrected chi connectivity index (χ2v) is 10.1. The Bertz CT molecular complexity index is 1170. The zero-order valence-corrected chi connectivity index (χ0v) is 22.0. The van der Waals surface area contributed by atoms with Crippen molar-refractivity contribution in [3.8, 4) is 5.75 Å². The minimum atomic E-state index is -0.777. The highest BCUT2D eigenvalue weighted by Crippen LogP contribution is 2.41. The third-order valence-corrected chi connectivity index (χ3v) is 6.74. The Morgan fingerprint density at radius 1 is 1.17 bits per heavy atom. The minimum Gasteiger partial charge on any atom is -0.494 e. The third-order valence-electron chi connectivity index (χ3n) is 6.74. The molecule has 0 aromatic heterocycles. The predicted molar refractivity (Wildman–Crippen MR) is 144 cm³/mol. The molecule has 0 aliphatic heterocycles. The maximum absolute atomic E-state index is 15.1. The van der Waals surface area contributed by atoms with Gasteiger partial charge in [0, 0.05) is 16.8 Å². The predicted octanol–water partition coefficient (Wildman–Crippen LogP) is 9.04. The van der Waals surface area contributed by atoms with Crippen molar-refractivity contribution in [1.29, 1.82) is 0 Å². The largest absolute Gasteiger partial charge is 0.494 e. The molecule has 1 aliphatic carbocycles. The Morgan fingerprint density at radius 3 is 2.53 bits per heavy atom. The smallest absolute Gasteiger partial charge is 0.255 e. The zero-order chi connectivity index (χ0) is 26.3. The first-order valence-electron chi connectivity index (χ1n) is 12.7. The van der Waals surface area contributed by atoms with Gasteiger partial charge in [-0.2, -0.15) is 0 Å². The van der Waals surface area contributed by atoms with E-state index < -0.39 is 17.6 Å². The lowest BCUT2D eigenvalue weighted by molar-refractivity contribution is 0.102. The number of benzene rings is 2. The van der Waals surface area contributed by atoms with Crippen LogP contribution in [-0.4, -0.2) is 12.5 Å². The summed E-state index contributed by atoms with van der Waals surface area (Å²) in [5.74, 6) is -1.16. The molecule has 5 heteroatoms. The van der Waals surface area contributed by atoms with Gasteiger partial charge in [0.2, 0.25) is 0 Å². The molecule has 0 atom stereocenters. The van der Waals surface area contributed by atoms with Gasteiger partial charge in [-0.1, -0.05) is 44.9 Å². The van der Waals surface area contributed by atoms with Gasteiger partial charge in [-0.25, -0.2) is 8.78 Å². The molecule has 2 aromatic carbocycles. The number of carbonyl (C=O) groups is 1. The first kappa shape index (κ1) is 27.4. The van der Waals surface area contributed by atoms with E-state index >= 15 is 4.39 Å². The van der Waals surface area contributed by atoms with Gasteiger partial charge in [-0.05, 0) is 98.6 Å². The van der Waals surface area contributed by atoms with E-state index in [1.165, 1.54) is 23.3 Å². The average Bonchev–Trinajstić information content (AvgIpc) is 2.84. The fourth-order valence-electron chi connectivity index (χ4n) is 4.51. The third kappa shape index (κ3) is 6.93. The van der Waals surface area contributed by atoms with Crippen LogP contribution in [0.15, 0.2) is 71.3 Å². The molecule has 0 radical (unpaired) electrons. The Kier molecular flexibility index (Phi) is 9.25. The van der Waals surface area contributed by atoms with Crippen molar-refractivity contribution in [1.82, 2.24) is 0 Å². The van der Waals surface area contributed by atoms with E-state index in [1.807, 2.05) is 6.08 Å². The monoisotopic (exact) mass is 493 g/mol. The maximum atomic E-state index is 15.1. The number of rotatable bonds is 9. The van der Waals surface area contributed by atoms with E-state index in [-0.39, 0.29) is 16.5 Å². The number of allylic oxidation sites excluding steroid dienone is 5. The maximum Gasteiger partial charge on any atom is 0.255 e. The van der Waals surface area contributed by atoms with Crippen molar-refractivity contribution in [3.63, 3.8) is 0 Å². The van der Waals surface area contributed by atoms with E-state index in [2.05, 4.69) is 33.0 Å². The van der Waals surface area contributed by atoms with Gasteiger partial charge in [-0.15, -0.1) is 0 Å². The van der Waals surface area contributed by atoms with Crippen LogP contribution in [0.1, 0.15) is 82.6 Å². The van der Waals surface area contributed by atoms with Crippen molar-refractivity contribution in [2.75, 3.05) is 11.9 Å². The molecule has 0 unspecified atom stereocenters. The van der Waals surface area contributed by atoms with Crippen LogP contribution in [-0.2, 0) is 0 Å². The number of halogens is 2. The van der Waals surface area contributed by atoms with E-state index in [0.29, 0.717) is 17.9 Å². The van der Waals surface area contributed by atoms with E-state index in [0.717, 1.165) is 43.9 Å². The molecule has 0 fully saturated rings. The number of amides is 1. The van der Waals surface area contributed by atoms with Crippen molar-refractivity contribution < 1.29 is 18.3 Å². The summed E-state index contributed by atoms with van der Waals surface area (Å²) in [5, 5.41) is 2.74. The van der Waals surface area contributed by atoms with Gasteiger partial charge in [0.1, 0.15) is 17.4 Å². The van der Waals surface area contributed by atoms with Crippen LogP contribution in [0.3, 0.4) is 0 Å². The second-order valence-electron chi connectivity index (χ2n) is 10.1. The second kappa shape index (κ2) is 12.2. The normalized spacial score (nSPS) is 16.2. The molecule has 1 aliphatic rings. The minimum absolute atomic E-state index is 0.0399. The number of unbranched alkanes of at least 4 members (excludes halogenated alkanes) is 1. The van der Waals surface area contributed by atoms with E-state index in [4.69, 9.17) is 4.74 Å². The molecule has 192 valence electrons. The van der Waals surface area contributed by atoms with Crippen LogP contribution >= 0.6 is 0 Å². The number of hydrogen-bond acceptors (Lipinski definition) is 2. The molecular weight excluding hydrogens is 456 g/mol. The van der Waals surface area contributed by atoms with Gasteiger partial charge in [0.15, 0.2) is 0 Å². The fourth-order valence-corrected chi connectivity index (χ4v) is 4.51. The summed E-state index contributed by atoms with van der Waals surface area (Å²) in [7, 11) is 0. The molecule has 0 heterocycles. The van der Waals surface area contributed by atoms with Crippen molar-refractivity contribution in [3.05, 3.63) is 88.3 Å². The molecule has 0 bridgehead atoms. The number of anilines is 1. The molecule has 36 heavy (non-hydrogen) atoms. The molecule has 0 saturated heterocycles. The number of ether oxygens (including phenoxy) is 1. The van der Waals surface area contributed by atoms with Crippen LogP contribution in [0.4, 0.5) is 14.5 Å². The van der Waals surface area contributed by atoms with Crippen molar-refractivity contribution in [2.45, 2.75) is 66.7 Å². The summed E-state index contributed by atoms with van der Waals surface area (Å²) in [5.41, 5.74) is 3.44. The van der Waals surface area contributed by atoms with Gasteiger partial charge in [-0.3, -0.25) is 4.79 Å². The summed E-state index contributed by atoms with van der Waals surface area (Å²) in [6.07, 6.45) is 8.99. The SMILES string of the molecule is CCCCOc1ccc(NC(=O)c2ccc(/C(F)=C(C)/C=C/C3=C(C)CCCC3(C)C)c(F)c2)cc1. The number of nitrogens with one attached hydrogen (secondary N) is 1. The van der Waals surface area contributed by atoms with E-state index in [9.17, 15) is 9.18 Å². The molecule has 3 nitrogen and oxygen atoms in total. The lowest BCUT2D eigenvalue weighted by Crippen LogP contribution is -2.19. The first-order chi connectivity index (χ1) is 17.1. The van der Waals surface area contributed by atoms with E-state index in [1.54, 1.807) is 37.3 Å². The zero-order valence-electron chi connectivity index (χ0n) is 22.0. The molecule has 0 spiro atoms. The fraction of sp³-hybridized carbons (Fsp3) is 0.387. The molecular formula is C31H37F2NO2. The Hall–Kier alpha value is -3.21. The van der Waals surface area contributed by atoms with Crippen molar-refractivity contribution >= 4 is 17.4 Å². The summed E-state index contributed by atoms with van der Waals surface area (Å²) in [4.78, 5) is 12.6. The highest BCUT2D eigenvalue weighted by molar-refractivity contribution is 6.04. The quantitative estimate of drug-likeness (QED) is 0.279. The Morgan fingerprint density at radius 2 is 1.89 bits per heavy atom. The summed E-state index contributed by atoms with van der Waals surface area (Å²) in [6, 6.07) is 10.8. The van der Waals surface area contributed by atoms with Gasteiger partial charge < -0.3 is 10.1 Å². The van der Waals surface area contributed by atoms with Crippen LogP contribution in [0.25, 0.3) is 5.83 Å². The topological polar surface area (TPSA) is 38.3 Å². The average molecular weight is 494 g/mol. The number of hydrogen-bond donors (Lipinski definition) is 1. The van der Waals surface area contributed by atoms with Gasteiger partial charge in [0.05, 0.1) is 6.61 Å². The number of carbonyl (C=O) groups excluding carboxylic acids is 1. The van der Waals surface area contributed by atoms with Crippen LogP contribution in [0.2, 0.25) is 0 Å². The Balaban J connectivity index is 1.71. The van der Waals surface area contributed by atoms with Crippen LogP contribution in [0, 0.1) is 11.2 Å². The van der Waals surface area contributed by atoms with Crippen LogP contribution < -0.4 is 10.1 Å². The summed E-state index contributed by atoms with van der Waals surface area (Å²) < 4.78 is 35.6. The molecule has 2 aromatic rings. The summed E-state index contributed by atoms with van der Waals surface area (Å²) in [6.45, 7) is 10.9.